The van der Waals surface area contributed by atoms with Crippen molar-refractivity contribution in [3.63, 3.8) is 0 Å². The lowest BCUT2D eigenvalue weighted by molar-refractivity contribution is 0.0781. The van der Waals surface area contributed by atoms with Crippen molar-refractivity contribution in [2.45, 2.75) is 30.4 Å². The Hall–Kier alpha value is -3.08. The van der Waals surface area contributed by atoms with Crippen molar-refractivity contribution in [3.05, 3.63) is 70.3 Å². The van der Waals surface area contributed by atoms with Gasteiger partial charge in [0.25, 0.3) is 11.5 Å². The second kappa shape index (κ2) is 9.19. The number of ether oxygens (including phenoxy) is 1. The van der Waals surface area contributed by atoms with E-state index in [1.54, 1.807) is 31.3 Å². The Morgan fingerprint density at radius 2 is 1.97 bits per heavy atom. The second-order valence-electron chi connectivity index (χ2n) is 7.70. The minimum Gasteiger partial charge on any atom is -0.377 e. The zero-order valence-corrected chi connectivity index (χ0v) is 18.4. The van der Waals surface area contributed by atoms with Crippen LogP contribution in [0, 0.1) is 0 Å². The molecule has 2 aromatic carbocycles. The van der Waals surface area contributed by atoms with Crippen molar-refractivity contribution < 1.29 is 17.9 Å². The van der Waals surface area contributed by atoms with E-state index in [1.165, 1.54) is 29.2 Å². The Kier molecular flexibility index (Phi) is 6.35. The zero-order chi connectivity index (χ0) is 22.7. The molecule has 1 saturated heterocycles. The summed E-state index contributed by atoms with van der Waals surface area (Å²) < 4.78 is 32.9. The largest absolute Gasteiger partial charge is 0.377 e. The molecule has 0 radical (unpaired) electrons. The summed E-state index contributed by atoms with van der Waals surface area (Å²) in [6.45, 7) is 0.976. The highest BCUT2D eigenvalue weighted by atomic mass is 32.2. The van der Waals surface area contributed by atoms with Gasteiger partial charge in [0, 0.05) is 25.8 Å². The SMILES string of the molecule is CN(Cc1nc2ccccc2c(=O)[nH]1)C(=O)c1ccc(S(=O)(=O)NC[C@@H]2CCCO2)cc1. The van der Waals surface area contributed by atoms with Crippen LogP contribution in [0.4, 0.5) is 0 Å². The first-order chi connectivity index (χ1) is 15.3. The molecule has 1 fully saturated rings. The molecule has 0 bridgehead atoms. The molecular formula is C22H24N4O5S. The number of benzene rings is 2. The predicted molar refractivity (Wildman–Crippen MR) is 119 cm³/mol. The van der Waals surface area contributed by atoms with E-state index in [0.717, 1.165) is 12.8 Å². The number of hydrogen-bond donors (Lipinski definition) is 2. The standard InChI is InChI=1S/C22H24N4O5S/c1-26(14-20-24-19-7-3-2-6-18(19)21(27)25-20)22(28)15-8-10-17(11-9-15)32(29,30)23-13-16-5-4-12-31-16/h2-3,6-11,16,23H,4-5,12-14H2,1H3,(H,24,25,27)/t16-/m0/s1. The van der Waals surface area contributed by atoms with E-state index in [1.807, 2.05) is 0 Å². The molecule has 1 aliphatic rings. The molecule has 2 heterocycles. The van der Waals surface area contributed by atoms with Crippen LogP contribution >= 0.6 is 0 Å². The number of fused-ring (bicyclic) bond motifs is 1. The van der Waals surface area contributed by atoms with Crippen LogP contribution in [-0.2, 0) is 21.3 Å². The van der Waals surface area contributed by atoms with E-state index in [9.17, 15) is 18.0 Å². The van der Waals surface area contributed by atoms with Crippen LogP contribution in [-0.4, -0.2) is 55.5 Å². The molecule has 2 N–H and O–H groups in total. The molecule has 1 amide bonds. The number of amides is 1. The molecule has 4 rings (SSSR count). The van der Waals surface area contributed by atoms with Crippen LogP contribution in [0.1, 0.15) is 29.0 Å². The molecule has 32 heavy (non-hydrogen) atoms. The fourth-order valence-corrected chi connectivity index (χ4v) is 4.66. The van der Waals surface area contributed by atoms with Gasteiger partial charge >= 0.3 is 0 Å². The van der Waals surface area contributed by atoms with Crippen LogP contribution in [0.25, 0.3) is 10.9 Å². The first-order valence-electron chi connectivity index (χ1n) is 10.3. The Balaban J connectivity index is 1.43. The number of H-pyrrole nitrogens is 1. The van der Waals surface area contributed by atoms with Crippen molar-refractivity contribution in [1.29, 1.82) is 0 Å². The summed E-state index contributed by atoms with van der Waals surface area (Å²) in [4.78, 5) is 33.6. The highest BCUT2D eigenvalue weighted by Gasteiger charge is 2.21. The van der Waals surface area contributed by atoms with Gasteiger partial charge in [0.15, 0.2) is 0 Å². The van der Waals surface area contributed by atoms with Gasteiger partial charge < -0.3 is 14.6 Å². The molecular weight excluding hydrogens is 432 g/mol. The van der Waals surface area contributed by atoms with Gasteiger partial charge in [0.2, 0.25) is 10.0 Å². The lowest BCUT2D eigenvalue weighted by atomic mass is 10.2. The van der Waals surface area contributed by atoms with Crippen molar-refractivity contribution in [1.82, 2.24) is 19.6 Å². The first-order valence-corrected chi connectivity index (χ1v) is 11.8. The normalized spacial score (nSPS) is 16.3. The summed E-state index contributed by atoms with van der Waals surface area (Å²) in [5.74, 6) is 0.0409. The van der Waals surface area contributed by atoms with Crippen molar-refractivity contribution >= 4 is 26.8 Å². The highest BCUT2D eigenvalue weighted by molar-refractivity contribution is 7.89. The molecule has 10 heteroatoms. The maximum atomic E-state index is 12.8. The smallest absolute Gasteiger partial charge is 0.258 e. The van der Waals surface area contributed by atoms with Gasteiger partial charge in [-0.15, -0.1) is 0 Å². The van der Waals surface area contributed by atoms with Crippen molar-refractivity contribution in [2.24, 2.45) is 0 Å². The van der Waals surface area contributed by atoms with Crippen molar-refractivity contribution in [2.75, 3.05) is 20.2 Å². The number of sulfonamides is 1. The van der Waals surface area contributed by atoms with Crippen LogP contribution in [0.15, 0.2) is 58.2 Å². The molecule has 0 aliphatic carbocycles. The third-order valence-corrected chi connectivity index (χ3v) is 6.77. The number of aromatic nitrogens is 2. The van der Waals surface area contributed by atoms with E-state index in [0.29, 0.717) is 28.9 Å². The molecule has 0 unspecified atom stereocenters. The van der Waals surface area contributed by atoms with Gasteiger partial charge in [-0.2, -0.15) is 0 Å². The van der Waals surface area contributed by atoms with Gasteiger partial charge in [-0.3, -0.25) is 9.59 Å². The molecule has 0 saturated carbocycles. The predicted octanol–water partition coefficient (Wildman–Crippen LogP) is 1.65. The van der Waals surface area contributed by atoms with Gasteiger partial charge in [0.1, 0.15) is 5.82 Å². The van der Waals surface area contributed by atoms with Gasteiger partial charge in [-0.1, -0.05) is 12.1 Å². The minimum absolute atomic E-state index is 0.0789. The Labute approximate surface area is 185 Å². The van der Waals surface area contributed by atoms with E-state index in [-0.39, 0.29) is 35.6 Å². The minimum atomic E-state index is -3.69. The van der Waals surface area contributed by atoms with Gasteiger partial charge in [-0.05, 0) is 49.2 Å². The van der Waals surface area contributed by atoms with E-state index < -0.39 is 10.0 Å². The third kappa shape index (κ3) is 4.87. The van der Waals surface area contributed by atoms with Crippen LogP contribution in [0.2, 0.25) is 0 Å². The summed E-state index contributed by atoms with van der Waals surface area (Å²) in [7, 11) is -2.10. The van der Waals surface area contributed by atoms with Crippen LogP contribution < -0.4 is 10.3 Å². The maximum absolute atomic E-state index is 12.8. The molecule has 0 spiro atoms. The number of aromatic amines is 1. The van der Waals surface area contributed by atoms with Crippen LogP contribution in [0.3, 0.4) is 0 Å². The number of carbonyl (C=O) groups is 1. The first kappa shape index (κ1) is 22.1. The summed E-state index contributed by atoms with van der Waals surface area (Å²) in [5, 5.41) is 0.482. The lowest BCUT2D eigenvalue weighted by Crippen LogP contribution is -2.32. The third-order valence-electron chi connectivity index (χ3n) is 5.33. The van der Waals surface area contributed by atoms with E-state index >= 15 is 0 Å². The topological polar surface area (TPSA) is 121 Å². The summed E-state index contributed by atoms with van der Waals surface area (Å²) in [5.41, 5.74) is 0.613. The van der Waals surface area contributed by atoms with E-state index in [2.05, 4.69) is 14.7 Å². The summed E-state index contributed by atoms with van der Waals surface area (Å²) in [6, 6.07) is 12.7. The van der Waals surface area contributed by atoms with E-state index in [4.69, 9.17) is 4.74 Å². The highest BCUT2D eigenvalue weighted by Crippen LogP contribution is 2.15. The second-order valence-corrected chi connectivity index (χ2v) is 9.47. The van der Waals surface area contributed by atoms with Crippen molar-refractivity contribution in [3.8, 4) is 0 Å². The quantitative estimate of drug-likeness (QED) is 0.558. The number of para-hydroxylation sites is 1. The number of carbonyl (C=O) groups excluding carboxylic acids is 1. The molecule has 1 atom stereocenters. The number of nitrogens with zero attached hydrogens (tertiary/aromatic N) is 2. The Morgan fingerprint density at radius 3 is 2.69 bits per heavy atom. The zero-order valence-electron chi connectivity index (χ0n) is 17.6. The average Bonchev–Trinajstić information content (AvgIpc) is 3.31. The fraction of sp³-hybridized carbons (Fsp3) is 0.318. The molecule has 168 valence electrons. The lowest BCUT2D eigenvalue weighted by Gasteiger charge is -2.17. The molecule has 9 nitrogen and oxygen atoms in total. The fourth-order valence-electron chi connectivity index (χ4n) is 3.59. The van der Waals surface area contributed by atoms with Crippen LogP contribution in [0.5, 0.6) is 0 Å². The molecule has 1 aromatic heterocycles. The van der Waals surface area contributed by atoms with Gasteiger partial charge in [0.05, 0.1) is 28.4 Å². The summed E-state index contributed by atoms with van der Waals surface area (Å²) >= 11 is 0. The Bertz CT molecular complexity index is 1280. The molecule has 1 aliphatic heterocycles. The maximum Gasteiger partial charge on any atom is 0.258 e. The Morgan fingerprint density at radius 1 is 1.22 bits per heavy atom. The number of rotatable bonds is 7. The number of nitrogens with one attached hydrogen (secondary N) is 2. The monoisotopic (exact) mass is 456 g/mol. The summed E-state index contributed by atoms with van der Waals surface area (Å²) in [6.07, 6.45) is 1.66. The van der Waals surface area contributed by atoms with Gasteiger partial charge in [-0.25, -0.2) is 18.1 Å². The molecule has 3 aromatic rings. The average molecular weight is 457 g/mol. The number of hydrogen-bond acceptors (Lipinski definition) is 6.